The predicted octanol–water partition coefficient (Wildman–Crippen LogP) is 3.52. The average Bonchev–Trinajstić information content (AvgIpc) is 2.85. The van der Waals surface area contributed by atoms with Gasteiger partial charge in [0.2, 0.25) is 0 Å². The summed E-state index contributed by atoms with van der Waals surface area (Å²) in [5.74, 6) is 0.211. The van der Waals surface area contributed by atoms with E-state index < -0.39 is 11.7 Å². The molecule has 112 valence electrons. The molecular formula is C15H20F3NO. The average molecular weight is 287 g/mol. The number of alkyl halides is 3. The molecule has 1 aromatic carbocycles. The molecule has 1 saturated carbocycles. The largest absolute Gasteiger partial charge is 0.416 e. The van der Waals surface area contributed by atoms with Crippen molar-refractivity contribution in [2.75, 3.05) is 6.61 Å². The standard InChI is InChI=1S/C15H20F3NO/c1-10(19-14-7-3-5-12(14)9-20)11-4-2-6-13(8-11)15(16,17)18/h2,4,6,8,10,12,14,19-20H,3,5,7,9H2,1H3. The zero-order valence-corrected chi connectivity index (χ0v) is 11.5. The predicted molar refractivity (Wildman–Crippen MR) is 71.2 cm³/mol. The second kappa shape index (κ2) is 6.14. The van der Waals surface area contributed by atoms with Gasteiger partial charge < -0.3 is 10.4 Å². The van der Waals surface area contributed by atoms with Crippen molar-refractivity contribution in [2.24, 2.45) is 5.92 Å². The van der Waals surface area contributed by atoms with E-state index in [4.69, 9.17) is 0 Å². The summed E-state index contributed by atoms with van der Waals surface area (Å²) < 4.78 is 38.1. The molecule has 0 aliphatic heterocycles. The quantitative estimate of drug-likeness (QED) is 0.888. The van der Waals surface area contributed by atoms with Crippen LogP contribution < -0.4 is 5.32 Å². The molecule has 0 heterocycles. The normalized spacial score (nSPS) is 24.9. The van der Waals surface area contributed by atoms with Gasteiger partial charge in [-0.2, -0.15) is 13.2 Å². The van der Waals surface area contributed by atoms with Crippen molar-refractivity contribution >= 4 is 0 Å². The van der Waals surface area contributed by atoms with Crippen molar-refractivity contribution in [1.82, 2.24) is 5.32 Å². The molecule has 0 amide bonds. The molecule has 0 aromatic heterocycles. The lowest BCUT2D eigenvalue weighted by Crippen LogP contribution is -2.35. The Kier molecular flexibility index (Phi) is 4.70. The van der Waals surface area contributed by atoms with E-state index in [0.29, 0.717) is 5.56 Å². The molecule has 3 atom stereocenters. The second-order valence-electron chi connectivity index (χ2n) is 5.49. The first-order chi connectivity index (χ1) is 9.41. The summed E-state index contributed by atoms with van der Waals surface area (Å²) in [6.07, 6.45) is -1.31. The number of aliphatic hydroxyl groups excluding tert-OH is 1. The maximum absolute atomic E-state index is 12.7. The van der Waals surface area contributed by atoms with Gasteiger partial charge in [-0.25, -0.2) is 0 Å². The van der Waals surface area contributed by atoms with Crippen LogP contribution in [0, 0.1) is 5.92 Å². The lowest BCUT2D eigenvalue weighted by molar-refractivity contribution is -0.137. The van der Waals surface area contributed by atoms with Crippen molar-refractivity contribution in [1.29, 1.82) is 0 Å². The molecule has 2 rings (SSSR count). The van der Waals surface area contributed by atoms with Crippen LogP contribution in [0.25, 0.3) is 0 Å². The highest BCUT2D eigenvalue weighted by atomic mass is 19.4. The van der Waals surface area contributed by atoms with E-state index in [1.807, 2.05) is 6.92 Å². The van der Waals surface area contributed by atoms with Crippen LogP contribution in [0.4, 0.5) is 13.2 Å². The van der Waals surface area contributed by atoms with E-state index in [1.54, 1.807) is 6.07 Å². The third kappa shape index (κ3) is 3.52. The van der Waals surface area contributed by atoms with Gasteiger partial charge in [0.05, 0.1) is 5.56 Å². The van der Waals surface area contributed by atoms with Crippen LogP contribution >= 0.6 is 0 Å². The minimum atomic E-state index is -4.31. The summed E-state index contributed by atoms with van der Waals surface area (Å²) in [7, 11) is 0. The number of halogens is 3. The van der Waals surface area contributed by atoms with E-state index >= 15 is 0 Å². The van der Waals surface area contributed by atoms with E-state index in [1.165, 1.54) is 12.1 Å². The summed E-state index contributed by atoms with van der Waals surface area (Å²) in [5.41, 5.74) is 0.0113. The summed E-state index contributed by atoms with van der Waals surface area (Å²) >= 11 is 0. The summed E-state index contributed by atoms with van der Waals surface area (Å²) in [5, 5.41) is 12.6. The summed E-state index contributed by atoms with van der Waals surface area (Å²) in [4.78, 5) is 0. The van der Waals surface area contributed by atoms with E-state index in [-0.39, 0.29) is 24.6 Å². The van der Waals surface area contributed by atoms with Crippen LogP contribution in [0.5, 0.6) is 0 Å². The maximum Gasteiger partial charge on any atom is 0.416 e. The fraction of sp³-hybridized carbons (Fsp3) is 0.600. The maximum atomic E-state index is 12.7. The Hall–Kier alpha value is -1.07. The third-order valence-corrected chi connectivity index (χ3v) is 4.07. The molecule has 5 heteroatoms. The first-order valence-corrected chi connectivity index (χ1v) is 6.96. The molecule has 0 saturated heterocycles. The van der Waals surface area contributed by atoms with Crippen LogP contribution in [0.2, 0.25) is 0 Å². The number of rotatable bonds is 4. The van der Waals surface area contributed by atoms with E-state index in [2.05, 4.69) is 5.32 Å². The Morgan fingerprint density at radius 3 is 2.75 bits per heavy atom. The van der Waals surface area contributed by atoms with Crippen molar-refractivity contribution in [2.45, 2.75) is 44.4 Å². The lowest BCUT2D eigenvalue weighted by atomic mass is 10.0. The van der Waals surface area contributed by atoms with Gasteiger partial charge in [-0.1, -0.05) is 18.6 Å². The van der Waals surface area contributed by atoms with Crippen LogP contribution in [0.3, 0.4) is 0 Å². The topological polar surface area (TPSA) is 32.3 Å². The molecule has 0 spiro atoms. The second-order valence-corrected chi connectivity index (χ2v) is 5.49. The number of hydrogen-bond donors (Lipinski definition) is 2. The highest BCUT2D eigenvalue weighted by molar-refractivity contribution is 5.27. The molecule has 1 aliphatic carbocycles. The Bertz CT molecular complexity index is 447. The zero-order chi connectivity index (χ0) is 14.8. The fourth-order valence-electron chi connectivity index (χ4n) is 2.88. The van der Waals surface area contributed by atoms with Gasteiger partial charge in [-0.15, -0.1) is 0 Å². The van der Waals surface area contributed by atoms with Gasteiger partial charge in [0, 0.05) is 18.7 Å². The first kappa shape index (κ1) is 15.3. The molecule has 20 heavy (non-hydrogen) atoms. The molecule has 0 bridgehead atoms. The van der Waals surface area contributed by atoms with E-state index in [0.717, 1.165) is 25.3 Å². The van der Waals surface area contributed by atoms with Crippen molar-refractivity contribution < 1.29 is 18.3 Å². The molecule has 0 radical (unpaired) electrons. The Labute approximate surface area is 117 Å². The smallest absolute Gasteiger partial charge is 0.396 e. The van der Waals surface area contributed by atoms with Crippen molar-refractivity contribution in [3.8, 4) is 0 Å². The summed E-state index contributed by atoms with van der Waals surface area (Å²) in [6.45, 7) is 2.00. The van der Waals surface area contributed by atoms with Gasteiger partial charge in [0.25, 0.3) is 0 Å². The van der Waals surface area contributed by atoms with Crippen LogP contribution in [-0.2, 0) is 6.18 Å². The molecule has 2 N–H and O–H groups in total. The monoisotopic (exact) mass is 287 g/mol. The SMILES string of the molecule is CC(NC1CCCC1CO)c1cccc(C(F)(F)F)c1. The third-order valence-electron chi connectivity index (χ3n) is 4.07. The molecule has 1 aromatic rings. The molecule has 2 nitrogen and oxygen atoms in total. The van der Waals surface area contributed by atoms with Crippen molar-refractivity contribution in [3.05, 3.63) is 35.4 Å². The van der Waals surface area contributed by atoms with Gasteiger partial charge in [0.15, 0.2) is 0 Å². The highest BCUT2D eigenvalue weighted by Gasteiger charge is 2.31. The number of nitrogens with one attached hydrogen (secondary N) is 1. The number of benzene rings is 1. The number of aliphatic hydroxyl groups is 1. The van der Waals surface area contributed by atoms with Gasteiger partial charge in [0.1, 0.15) is 0 Å². The van der Waals surface area contributed by atoms with Gasteiger partial charge in [-0.3, -0.25) is 0 Å². The Balaban J connectivity index is 2.07. The van der Waals surface area contributed by atoms with Gasteiger partial charge >= 0.3 is 6.18 Å². The van der Waals surface area contributed by atoms with Crippen molar-refractivity contribution in [3.63, 3.8) is 0 Å². The first-order valence-electron chi connectivity index (χ1n) is 6.96. The van der Waals surface area contributed by atoms with Gasteiger partial charge in [-0.05, 0) is 43.4 Å². The minimum absolute atomic E-state index is 0.132. The zero-order valence-electron chi connectivity index (χ0n) is 11.5. The molecule has 1 fully saturated rings. The van der Waals surface area contributed by atoms with E-state index in [9.17, 15) is 18.3 Å². The van der Waals surface area contributed by atoms with Crippen LogP contribution in [-0.4, -0.2) is 17.8 Å². The lowest BCUT2D eigenvalue weighted by Gasteiger charge is -2.24. The Morgan fingerprint density at radius 1 is 1.35 bits per heavy atom. The minimum Gasteiger partial charge on any atom is -0.396 e. The molecular weight excluding hydrogens is 267 g/mol. The highest BCUT2D eigenvalue weighted by Crippen LogP contribution is 2.32. The molecule has 1 aliphatic rings. The number of hydrogen-bond acceptors (Lipinski definition) is 2. The fourth-order valence-corrected chi connectivity index (χ4v) is 2.88. The van der Waals surface area contributed by atoms with Crippen LogP contribution in [0.1, 0.15) is 43.4 Å². The summed E-state index contributed by atoms with van der Waals surface area (Å²) in [6, 6.07) is 5.45. The van der Waals surface area contributed by atoms with Crippen LogP contribution in [0.15, 0.2) is 24.3 Å². The Morgan fingerprint density at radius 2 is 2.10 bits per heavy atom. The molecule has 3 unspecified atom stereocenters.